The first-order valence-corrected chi connectivity index (χ1v) is 8.80. The fourth-order valence-corrected chi connectivity index (χ4v) is 4.08. The SMILES string of the molecule is CCSC1CCCC1Nc1cc(NC)nc(C2CC2)n1. The summed E-state index contributed by atoms with van der Waals surface area (Å²) in [5.74, 6) is 4.73. The summed E-state index contributed by atoms with van der Waals surface area (Å²) in [6.45, 7) is 2.25. The molecule has 3 rings (SSSR count). The van der Waals surface area contributed by atoms with Gasteiger partial charge in [0.2, 0.25) is 0 Å². The van der Waals surface area contributed by atoms with Crippen LogP contribution in [0.25, 0.3) is 0 Å². The van der Waals surface area contributed by atoms with E-state index in [2.05, 4.69) is 34.3 Å². The standard InChI is InChI=1S/C15H24N4S/c1-3-20-12-6-4-5-11(12)17-14-9-13(16-2)18-15(19-14)10-7-8-10/h9-12H,3-8H2,1-2H3,(H2,16,17,18,19). The van der Waals surface area contributed by atoms with Crippen LogP contribution in [0.4, 0.5) is 11.6 Å². The van der Waals surface area contributed by atoms with Crippen LogP contribution in [0.3, 0.4) is 0 Å². The third-order valence-corrected chi connectivity index (χ3v) is 5.43. The minimum atomic E-state index is 0.562. The third kappa shape index (κ3) is 3.19. The lowest BCUT2D eigenvalue weighted by atomic mass is 10.2. The Hall–Kier alpha value is -0.970. The van der Waals surface area contributed by atoms with Gasteiger partial charge in [-0.2, -0.15) is 11.8 Å². The first-order valence-electron chi connectivity index (χ1n) is 7.75. The Kier molecular flexibility index (Phi) is 4.34. The van der Waals surface area contributed by atoms with Crippen LogP contribution in [0.2, 0.25) is 0 Å². The molecule has 1 aromatic heterocycles. The van der Waals surface area contributed by atoms with Crippen molar-refractivity contribution in [3.05, 3.63) is 11.9 Å². The van der Waals surface area contributed by atoms with Crippen molar-refractivity contribution in [2.24, 2.45) is 0 Å². The number of hydrogen-bond donors (Lipinski definition) is 2. The van der Waals surface area contributed by atoms with Gasteiger partial charge in [-0.1, -0.05) is 13.3 Å². The summed E-state index contributed by atoms with van der Waals surface area (Å²) in [6, 6.07) is 2.60. The maximum Gasteiger partial charge on any atom is 0.136 e. The quantitative estimate of drug-likeness (QED) is 0.840. The fraction of sp³-hybridized carbons (Fsp3) is 0.733. The van der Waals surface area contributed by atoms with E-state index in [0.717, 1.165) is 22.7 Å². The smallest absolute Gasteiger partial charge is 0.136 e. The van der Waals surface area contributed by atoms with Gasteiger partial charge in [0, 0.05) is 30.3 Å². The van der Waals surface area contributed by atoms with Crippen molar-refractivity contribution in [2.45, 2.75) is 56.2 Å². The van der Waals surface area contributed by atoms with Gasteiger partial charge in [0.05, 0.1) is 0 Å². The second kappa shape index (κ2) is 6.20. The zero-order valence-corrected chi connectivity index (χ0v) is 13.2. The van der Waals surface area contributed by atoms with Gasteiger partial charge in [-0.05, 0) is 31.4 Å². The molecule has 0 aliphatic heterocycles. The number of anilines is 2. The van der Waals surface area contributed by atoms with Crippen molar-refractivity contribution in [3.8, 4) is 0 Å². The van der Waals surface area contributed by atoms with Crippen LogP contribution in [0.1, 0.15) is 50.8 Å². The Morgan fingerprint density at radius 2 is 2.00 bits per heavy atom. The molecule has 1 heterocycles. The summed E-state index contributed by atoms with van der Waals surface area (Å²) in [5, 5.41) is 7.55. The predicted octanol–water partition coefficient (Wildman–Crippen LogP) is 3.48. The zero-order valence-electron chi connectivity index (χ0n) is 12.4. The first-order chi connectivity index (χ1) is 9.80. The molecule has 2 saturated carbocycles. The van der Waals surface area contributed by atoms with Crippen molar-refractivity contribution < 1.29 is 0 Å². The second-order valence-electron chi connectivity index (χ2n) is 5.70. The van der Waals surface area contributed by atoms with Crippen molar-refractivity contribution >= 4 is 23.4 Å². The van der Waals surface area contributed by atoms with Gasteiger partial charge < -0.3 is 10.6 Å². The number of nitrogens with one attached hydrogen (secondary N) is 2. The van der Waals surface area contributed by atoms with Gasteiger partial charge in [-0.3, -0.25) is 0 Å². The van der Waals surface area contributed by atoms with Crippen LogP contribution in [-0.4, -0.2) is 34.1 Å². The fourth-order valence-electron chi connectivity index (χ4n) is 2.89. The molecule has 5 heteroatoms. The van der Waals surface area contributed by atoms with Crippen LogP contribution in [-0.2, 0) is 0 Å². The average Bonchev–Trinajstić information content (AvgIpc) is 3.23. The number of thioether (sulfide) groups is 1. The number of rotatable bonds is 6. The molecule has 0 radical (unpaired) electrons. The molecule has 110 valence electrons. The lowest BCUT2D eigenvalue weighted by molar-refractivity contribution is 0.758. The molecule has 2 unspecified atom stereocenters. The molecule has 20 heavy (non-hydrogen) atoms. The van der Waals surface area contributed by atoms with E-state index in [1.165, 1.54) is 37.9 Å². The predicted molar refractivity (Wildman–Crippen MR) is 86.7 cm³/mol. The minimum absolute atomic E-state index is 0.562. The summed E-state index contributed by atoms with van der Waals surface area (Å²) in [6.07, 6.45) is 6.40. The van der Waals surface area contributed by atoms with Gasteiger partial charge in [-0.15, -0.1) is 0 Å². The van der Waals surface area contributed by atoms with E-state index >= 15 is 0 Å². The van der Waals surface area contributed by atoms with Crippen LogP contribution < -0.4 is 10.6 Å². The van der Waals surface area contributed by atoms with E-state index in [-0.39, 0.29) is 0 Å². The van der Waals surface area contributed by atoms with Crippen molar-refractivity contribution in [2.75, 3.05) is 23.4 Å². The zero-order chi connectivity index (χ0) is 13.9. The Bertz CT molecular complexity index is 461. The van der Waals surface area contributed by atoms with E-state index in [1.54, 1.807) is 0 Å². The summed E-state index contributed by atoms with van der Waals surface area (Å²) in [7, 11) is 1.92. The monoisotopic (exact) mass is 292 g/mol. The average molecular weight is 292 g/mol. The van der Waals surface area contributed by atoms with Crippen LogP contribution in [0.5, 0.6) is 0 Å². The summed E-state index contributed by atoms with van der Waals surface area (Å²) < 4.78 is 0. The minimum Gasteiger partial charge on any atom is -0.373 e. The lowest BCUT2D eigenvalue weighted by Crippen LogP contribution is -2.27. The highest BCUT2D eigenvalue weighted by Crippen LogP contribution is 2.39. The summed E-state index contributed by atoms with van der Waals surface area (Å²) in [4.78, 5) is 9.31. The van der Waals surface area contributed by atoms with E-state index < -0.39 is 0 Å². The number of aromatic nitrogens is 2. The largest absolute Gasteiger partial charge is 0.373 e. The van der Waals surface area contributed by atoms with E-state index in [0.29, 0.717) is 12.0 Å². The van der Waals surface area contributed by atoms with Crippen molar-refractivity contribution in [3.63, 3.8) is 0 Å². The van der Waals surface area contributed by atoms with Crippen LogP contribution in [0, 0.1) is 0 Å². The Morgan fingerprint density at radius 3 is 2.70 bits per heavy atom. The molecule has 2 fully saturated rings. The number of hydrogen-bond acceptors (Lipinski definition) is 5. The molecule has 2 atom stereocenters. The molecule has 0 aromatic carbocycles. The van der Waals surface area contributed by atoms with Gasteiger partial charge in [0.25, 0.3) is 0 Å². The first kappa shape index (κ1) is 14.0. The summed E-state index contributed by atoms with van der Waals surface area (Å²) in [5.41, 5.74) is 0. The highest BCUT2D eigenvalue weighted by molar-refractivity contribution is 7.99. The maximum absolute atomic E-state index is 4.73. The van der Waals surface area contributed by atoms with Crippen LogP contribution >= 0.6 is 11.8 Å². The van der Waals surface area contributed by atoms with Gasteiger partial charge in [0.15, 0.2) is 0 Å². The lowest BCUT2D eigenvalue weighted by Gasteiger charge is -2.21. The van der Waals surface area contributed by atoms with Crippen LogP contribution in [0.15, 0.2) is 6.07 Å². The Morgan fingerprint density at radius 1 is 1.20 bits per heavy atom. The molecule has 0 spiro atoms. The van der Waals surface area contributed by atoms with E-state index in [9.17, 15) is 0 Å². The Balaban J connectivity index is 1.74. The van der Waals surface area contributed by atoms with Crippen molar-refractivity contribution in [1.29, 1.82) is 0 Å². The Labute approximate surface area is 125 Å². The molecule has 0 bridgehead atoms. The molecule has 1 aromatic rings. The molecule has 4 nitrogen and oxygen atoms in total. The molecule has 2 aliphatic carbocycles. The molecular formula is C15H24N4S. The number of nitrogens with zero attached hydrogens (tertiary/aromatic N) is 2. The van der Waals surface area contributed by atoms with Crippen molar-refractivity contribution in [1.82, 2.24) is 9.97 Å². The highest BCUT2D eigenvalue weighted by atomic mass is 32.2. The molecule has 2 aliphatic rings. The van der Waals surface area contributed by atoms with Gasteiger partial charge in [-0.25, -0.2) is 9.97 Å². The van der Waals surface area contributed by atoms with Gasteiger partial charge in [0.1, 0.15) is 17.5 Å². The third-order valence-electron chi connectivity index (χ3n) is 4.11. The molecular weight excluding hydrogens is 268 g/mol. The topological polar surface area (TPSA) is 49.8 Å². The van der Waals surface area contributed by atoms with Gasteiger partial charge >= 0.3 is 0 Å². The molecule has 0 saturated heterocycles. The summed E-state index contributed by atoms with van der Waals surface area (Å²) >= 11 is 2.08. The maximum atomic E-state index is 4.73. The molecule has 0 amide bonds. The van der Waals surface area contributed by atoms with E-state index in [1.807, 2.05) is 13.1 Å². The normalized spacial score (nSPS) is 25.7. The highest BCUT2D eigenvalue weighted by Gasteiger charge is 2.29. The second-order valence-corrected chi connectivity index (χ2v) is 7.21. The van der Waals surface area contributed by atoms with E-state index in [4.69, 9.17) is 4.98 Å². The molecule has 2 N–H and O–H groups in total.